The van der Waals surface area contributed by atoms with Gasteiger partial charge in [0.05, 0.1) is 24.1 Å². The van der Waals surface area contributed by atoms with E-state index in [1.165, 1.54) is 16.7 Å². The molecule has 0 aliphatic heterocycles. The van der Waals surface area contributed by atoms with Crippen molar-refractivity contribution in [2.45, 2.75) is 31.2 Å². The molecule has 2 atom stereocenters. The molecular weight excluding hydrogens is 325 g/mol. The normalized spacial score (nSPS) is 24.3. The molecule has 0 heterocycles. The van der Waals surface area contributed by atoms with E-state index in [0.29, 0.717) is 20.6 Å². The topological polar surface area (TPSA) is 0 Å². The van der Waals surface area contributed by atoms with Gasteiger partial charge in [-0.15, -0.1) is 0 Å². The zero-order valence-corrected chi connectivity index (χ0v) is 15.3. The first kappa shape index (κ1) is 16.8. The number of hydrogen-bond acceptors (Lipinski definition) is 0. The van der Waals surface area contributed by atoms with Gasteiger partial charge in [-0.05, 0) is 29.7 Å². The van der Waals surface area contributed by atoms with Crippen molar-refractivity contribution >= 4 is 23.2 Å². The zero-order chi connectivity index (χ0) is 16.8. The SMILES string of the molecule is [CH][N+](C)(C)C1CCC(C)(c2ccc(Cl)c(Cl)c2)c2ccccc21. The first-order chi connectivity index (χ1) is 10.7. The largest absolute Gasteiger partial charge is 0.309 e. The molecule has 120 valence electrons. The highest BCUT2D eigenvalue weighted by Gasteiger charge is 2.42. The maximum Gasteiger partial charge on any atom is 0.206 e. The van der Waals surface area contributed by atoms with E-state index >= 15 is 0 Å². The second-order valence-electron chi connectivity index (χ2n) is 7.23. The molecule has 2 unspecified atom stereocenters. The van der Waals surface area contributed by atoms with Crippen LogP contribution in [0.15, 0.2) is 42.5 Å². The Morgan fingerprint density at radius 2 is 1.78 bits per heavy atom. The highest BCUT2D eigenvalue weighted by molar-refractivity contribution is 6.42. The summed E-state index contributed by atoms with van der Waals surface area (Å²) in [7, 11) is 10.5. The predicted octanol–water partition coefficient (Wildman–Crippen LogP) is 5.88. The molecule has 1 nitrogen and oxygen atoms in total. The van der Waals surface area contributed by atoms with Gasteiger partial charge in [0.25, 0.3) is 0 Å². The molecular formula is C20H22Cl2N+. The summed E-state index contributed by atoms with van der Waals surface area (Å²) in [5, 5.41) is 1.21. The molecule has 2 aromatic rings. The lowest BCUT2D eigenvalue weighted by Gasteiger charge is -2.44. The lowest BCUT2D eigenvalue weighted by atomic mass is 9.65. The van der Waals surface area contributed by atoms with Gasteiger partial charge in [0.15, 0.2) is 0 Å². The molecule has 1 aliphatic rings. The van der Waals surface area contributed by atoms with Crippen LogP contribution in [0, 0.1) is 7.05 Å². The lowest BCUT2D eigenvalue weighted by Crippen LogP contribution is -2.42. The number of halogens is 2. The Morgan fingerprint density at radius 1 is 1.09 bits per heavy atom. The minimum absolute atomic E-state index is 0.0729. The molecule has 0 spiro atoms. The standard InChI is InChI=1S/C20H22Cl2N/c1-20(14-9-10-17(21)18(22)13-14)12-11-19(23(2,3)4)15-7-5-6-8-16(15)20/h2,5-10,13,19H,11-12H2,1,3-4H3/q+1. The Morgan fingerprint density at radius 3 is 2.43 bits per heavy atom. The van der Waals surface area contributed by atoms with Crippen LogP contribution in [0.25, 0.3) is 0 Å². The van der Waals surface area contributed by atoms with E-state index in [-0.39, 0.29) is 5.41 Å². The van der Waals surface area contributed by atoms with E-state index in [9.17, 15) is 0 Å². The number of fused-ring (bicyclic) bond motifs is 1. The van der Waals surface area contributed by atoms with E-state index in [1.54, 1.807) is 0 Å². The van der Waals surface area contributed by atoms with Crippen LogP contribution >= 0.6 is 23.2 Å². The van der Waals surface area contributed by atoms with Gasteiger partial charge in [0.1, 0.15) is 6.04 Å². The molecule has 23 heavy (non-hydrogen) atoms. The molecule has 2 aromatic carbocycles. The molecule has 1 aliphatic carbocycles. The monoisotopic (exact) mass is 346 g/mol. The number of rotatable bonds is 2. The summed E-state index contributed by atoms with van der Waals surface area (Å²) >= 11 is 12.4. The molecule has 2 radical (unpaired) electrons. The molecule has 0 aromatic heterocycles. The lowest BCUT2D eigenvalue weighted by molar-refractivity contribution is -0.879. The van der Waals surface area contributed by atoms with Gasteiger partial charge in [-0.3, -0.25) is 0 Å². The average Bonchev–Trinajstić information content (AvgIpc) is 2.49. The third-order valence-electron chi connectivity index (χ3n) is 5.19. The molecule has 3 heteroatoms. The van der Waals surface area contributed by atoms with Gasteiger partial charge in [0.2, 0.25) is 7.05 Å². The summed E-state index contributed by atoms with van der Waals surface area (Å²) in [5.41, 5.74) is 3.81. The summed E-state index contributed by atoms with van der Waals surface area (Å²) in [5.74, 6) is 0. The van der Waals surface area contributed by atoms with Crippen LogP contribution in [-0.2, 0) is 5.41 Å². The molecule has 0 saturated heterocycles. The second-order valence-corrected chi connectivity index (χ2v) is 8.05. The zero-order valence-electron chi connectivity index (χ0n) is 13.8. The van der Waals surface area contributed by atoms with Crippen LogP contribution < -0.4 is 0 Å². The van der Waals surface area contributed by atoms with Crippen LogP contribution in [0.3, 0.4) is 0 Å². The van der Waals surface area contributed by atoms with Crippen LogP contribution in [0.4, 0.5) is 0 Å². The Labute approximate surface area is 149 Å². The van der Waals surface area contributed by atoms with Gasteiger partial charge >= 0.3 is 0 Å². The fraction of sp³-hybridized carbons (Fsp3) is 0.350. The van der Waals surface area contributed by atoms with E-state index in [0.717, 1.165) is 12.8 Å². The van der Waals surface area contributed by atoms with Crippen molar-refractivity contribution < 1.29 is 4.48 Å². The molecule has 0 N–H and O–H groups in total. The van der Waals surface area contributed by atoms with E-state index in [4.69, 9.17) is 30.2 Å². The van der Waals surface area contributed by atoms with Gasteiger partial charge in [-0.2, -0.15) is 0 Å². The summed E-state index contributed by atoms with van der Waals surface area (Å²) < 4.78 is 0.453. The van der Waals surface area contributed by atoms with Crippen molar-refractivity contribution in [2.24, 2.45) is 0 Å². The van der Waals surface area contributed by atoms with Crippen molar-refractivity contribution in [3.63, 3.8) is 0 Å². The highest BCUT2D eigenvalue weighted by atomic mass is 35.5. The summed E-state index contributed by atoms with van der Waals surface area (Å²) in [6.07, 6.45) is 2.07. The van der Waals surface area contributed by atoms with Crippen LogP contribution in [0.1, 0.15) is 42.5 Å². The van der Waals surface area contributed by atoms with E-state index in [1.807, 2.05) is 12.1 Å². The first-order valence-electron chi connectivity index (χ1n) is 7.90. The molecule has 0 fully saturated rings. The Hall–Kier alpha value is -1.02. The fourth-order valence-electron chi connectivity index (χ4n) is 3.84. The number of nitrogens with zero attached hydrogens (tertiary/aromatic N) is 1. The van der Waals surface area contributed by atoms with Crippen molar-refractivity contribution in [1.82, 2.24) is 0 Å². The number of benzene rings is 2. The first-order valence-corrected chi connectivity index (χ1v) is 8.66. The number of hydrogen-bond donors (Lipinski definition) is 0. The van der Waals surface area contributed by atoms with Crippen LogP contribution in [-0.4, -0.2) is 18.6 Å². The van der Waals surface area contributed by atoms with Crippen molar-refractivity contribution in [1.29, 1.82) is 0 Å². The minimum Gasteiger partial charge on any atom is -0.309 e. The van der Waals surface area contributed by atoms with Gasteiger partial charge in [0, 0.05) is 17.4 Å². The molecule has 0 bridgehead atoms. The second kappa shape index (κ2) is 5.81. The minimum atomic E-state index is -0.0729. The highest BCUT2D eigenvalue weighted by Crippen LogP contribution is 2.49. The fourth-order valence-corrected chi connectivity index (χ4v) is 4.13. The molecule has 0 saturated carbocycles. The van der Waals surface area contributed by atoms with Crippen molar-refractivity contribution in [2.75, 3.05) is 14.1 Å². The summed E-state index contributed by atoms with van der Waals surface area (Å²) in [4.78, 5) is 0. The Kier molecular flexibility index (Phi) is 4.25. The summed E-state index contributed by atoms with van der Waals surface area (Å²) in [6.45, 7) is 2.29. The van der Waals surface area contributed by atoms with Crippen molar-refractivity contribution in [3.05, 3.63) is 76.2 Å². The van der Waals surface area contributed by atoms with E-state index < -0.39 is 0 Å². The van der Waals surface area contributed by atoms with E-state index in [2.05, 4.69) is 51.4 Å². The smallest absolute Gasteiger partial charge is 0.206 e. The maximum atomic E-state index is 6.40. The third kappa shape index (κ3) is 2.91. The van der Waals surface area contributed by atoms with Gasteiger partial charge in [-0.1, -0.05) is 60.5 Å². The van der Waals surface area contributed by atoms with Gasteiger partial charge < -0.3 is 4.48 Å². The Bertz CT molecular complexity index is 733. The molecule has 0 amide bonds. The van der Waals surface area contributed by atoms with Crippen LogP contribution in [0.5, 0.6) is 0 Å². The number of quaternary nitrogens is 1. The summed E-state index contributed by atoms with van der Waals surface area (Å²) in [6, 6.07) is 14.9. The van der Waals surface area contributed by atoms with Gasteiger partial charge in [-0.25, -0.2) is 0 Å². The Balaban J connectivity index is 2.15. The molecule has 3 rings (SSSR count). The van der Waals surface area contributed by atoms with Crippen molar-refractivity contribution in [3.8, 4) is 0 Å². The third-order valence-corrected chi connectivity index (χ3v) is 5.93. The maximum absolute atomic E-state index is 6.40. The van der Waals surface area contributed by atoms with Crippen LogP contribution in [0.2, 0.25) is 10.0 Å². The predicted molar refractivity (Wildman–Crippen MR) is 97.7 cm³/mol. The average molecular weight is 347 g/mol. The quantitative estimate of drug-likeness (QED) is 0.595.